The summed E-state index contributed by atoms with van der Waals surface area (Å²) in [6, 6.07) is 0. The van der Waals surface area contributed by atoms with Gasteiger partial charge in [0.15, 0.2) is 9.04 Å². The first-order valence-electron chi connectivity index (χ1n) is 7.90. The van der Waals surface area contributed by atoms with Crippen LogP contribution in [0.25, 0.3) is 0 Å². The highest BCUT2D eigenvalue weighted by Gasteiger charge is 2.59. The molecule has 0 N–H and O–H groups in total. The van der Waals surface area contributed by atoms with E-state index in [0.717, 1.165) is 4.91 Å². The lowest BCUT2D eigenvalue weighted by Gasteiger charge is -2.53. The normalized spacial score (nSPS) is 28.5. The van der Waals surface area contributed by atoms with Crippen LogP contribution in [0.15, 0.2) is 10.6 Å². The Labute approximate surface area is 146 Å². The summed E-state index contributed by atoms with van der Waals surface area (Å²) in [5, 5.41) is 0.0125. The summed E-state index contributed by atoms with van der Waals surface area (Å²) >= 11 is 0. The van der Waals surface area contributed by atoms with Crippen LogP contribution in [0, 0.1) is 17.3 Å². The molecule has 128 valence electrons. The van der Waals surface area contributed by atoms with Crippen molar-refractivity contribution in [2.75, 3.05) is 13.2 Å². The fourth-order valence-electron chi connectivity index (χ4n) is 3.17. The van der Waals surface area contributed by atoms with Gasteiger partial charge in [0.1, 0.15) is 17.7 Å². The Hall–Kier alpha value is -0.443. The molecule has 0 radical (unpaired) electrons. The minimum atomic E-state index is -1.13. The lowest BCUT2D eigenvalue weighted by Crippen LogP contribution is -2.64. The van der Waals surface area contributed by atoms with Crippen LogP contribution in [0.2, 0.25) is 13.1 Å². The monoisotopic (exact) mass is 373 g/mol. The molecule has 0 bridgehead atoms. The molecule has 23 heavy (non-hydrogen) atoms. The van der Waals surface area contributed by atoms with E-state index in [9.17, 15) is 9.59 Å². The number of β-lactam (4-membered cyclic amide) rings is 1. The largest absolute Gasteiger partial charge is 0.455 e. The maximum Gasteiger partial charge on any atom is 0.356 e. The molecule has 0 aromatic heterocycles. The summed E-state index contributed by atoms with van der Waals surface area (Å²) in [5.74, 6) is -0.257. The first kappa shape index (κ1) is 17.4. The zero-order valence-electron chi connectivity index (χ0n) is 14.1. The predicted octanol–water partition coefficient (Wildman–Crippen LogP) is 2.60. The number of rotatable bonds is 4. The van der Waals surface area contributed by atoms with Crippen molar-refractivity contribution < 1.29 is 18.8 Å². The molecule has 0 unspecified atom stereocenters. The summed E-state index contributed by atoms with van der Waals surface area (Å²) in [6.07, 6.45) is 0. The van der Waals surface area contributed by atoms with Crippen molar-refractivity contribution in [3.63, 3.8) is 0 Å². The third-order valence-electron chi connectivity index (χ3n) is 4.52. The molecule has 3 rings (SSSR count). The number of carbonyl (C=O) groups is 2. The van der Waals surface area contributed by atoms with Gasteiger partial charge >= 0.3 is 5.97 Å². The number of esters is 1. The fourth-order valence-corrected chi connectivity index (χ4v) is 6.71. The van der Waals surface area contributed by atoms with Crippen LogP contribution in [0.5, 0.6) is 0 Å². The van der Waals surface area contributed by atoms with Crippen LogP contribution in [0.4, 0.5) is 0 Å². The minimum Gasteiger partial charge on any atom is -0.455 e. The molecule has 0 spiro atoms. The number of hydrogen-bond donors (Lipinski definition) is 0. The molecule has 3 aliphatic rings. The first-order valence-corrected chi connectivity index (χ1v) is 12.9. The van der Waals surface area contributed by atoms with E-state index >= 15 is 0 Å². The van der Waals surface area contributed by atoms with Crippen LogP contribution >= 0.6 is 21.6 Å². The van der Waals surface area contributed by atoms with Gasteiger partial charge in [-0.2, -0.15) is 0 Å². The summed E-state index contributed by atoms with van der Waals surface area (Å²) in [6.45, 7) is 11.7. The zero-order valence-corrected chi connectivity index (χ0v) is 16.9. The number of hydrogen-bond acceptors (Lipinski definition) is 6. The van der Waals surface area contributed by atoms with E-state index in [0.29, 0.717) is 18.9 Å². The van der Waals surface area contributed by atoms with Crippen molar-refractivity contribution in [1.82, 2.24) is 4.90 Å². The van der Waals surface area contributed by atoms with Crippen molar-refractivity contribution >= 4 is 42.5 Å². The third-order valence-corrected chi connectivity index (χ3v) is 8.17. The molecule has 5 nitrogen and oxygen atoms in total. The second-order valence-electron chi connectivity index (χ2n) is 7.51. The van der Waals surface area contributed by atoms with E-state index in [1.165, 1.54) is 0 Å². The second-order valence-corrected chi connectivity index (χ2v) is 12.3. The average molecular weight is 374 g/mol. The van der Waals surface area contributed by atoms with Gasteiger partial charge in [-0.3, -0.25) is 9.69 Å². The highest BCUT2D eigenvalue weighted by molar-refractivity contribution is 8.78. The van der Waals surface area contributed by atoms with E-state index in [-0.39, 0.29) is 34.5 Å². The predicted molar refractivity (Wildman–Crippen MR) is 95.1 cm³/mol. The van der Waals surface area contributed by atoms with E-state index < -0.39 is 9.04 Å². The summed E-state index contributed by atoms with van der Waals surface area (Å²) in [5.41, 5.74) is 0.456. The quantitative estimate of drug-likeness (QED) is 0.327. The highest BCUT2D eigenvalue weighted by Crippen LogP contribution is 2.57. The summed E-state index contributed by atoms with van der Waals surface area (Å²) in [7, 11) is 2.12. The van der Waals surface area contributed by atoms with Gasteiger partial charge in [0, 0.05) is 12.5 Å². The fraction of sp³-hybridized carbons (Fsp3) is 0.733. The lowest BCUT2D eigenvalue weighted by atomic mass is 9.70. The second kappa shape index (κ2) is 6.13. The molecular weight excluding hydrogens is 350 g/mol. The van der Waals surface area contributed by atoms with E-state index in [4.69, 9.17) is 9.16 Å². The Kier molecular flexibility index (Phi) is 4.63. The van der Waals surface area contributed by atoms with Gasteiger partial charge in [-0.1, -0.05) is 42.4 Å². The van der Waals surface area contributed by atoms with Gasteiger partial charge in [0.2, 0.25) is 5.91 Å². The molecule has 0 aromatic carbocycles. The molecular formula is C15H23NO4S2Si. The van der Waals surface area contributed by atoms with Crippen molar-refractivity contribution in [3.05, 3.63) is 10.6 Å². The number of nitrogens with zero attached hydrogens (tertiary/aromatic N) is 1. The van der Waals surface area contributed by atoms with Crippen molar-refractivity contribution in [2.45, 2.75) is 39.2 Å². The molecule has 0 aliphatic carbocycles. The average Bonchev–Trinajstić information content (AvgIpc) is 2.81. The minimum absolute atomic E-state index is 0.0125. The molecule has 0 aromatic rings. The van der Waals surface area contributed by atoms with Gasteiger partial charge in [0.25, 0.3) is 0 Å². The van der Waals surface area contributed by atoms with Crippen LogP contribution in [0.3, 0.4) is 0 Å². The number of fused-ring (bicyclic) bond motifs is 2. The molecule has 1 amide bonds. The number of cyclic esters (lactones) is 1. The van der Waals surface area contributed by atoms with E-state index in [1.54, 1.807) is 26.5 Å². The van der Waals surface area contributed by atoms with Crippen LogP contribution in [-0.2, 0) is 18.8 Å². The van der Waals surface area contributed by atoms with E-state index in [2.05, 4.69) is 33.9 Å². The Morgan fingerprint density at radius 2 is 2.09 bits per heavy atom. The number of amides is 1. The molecule has 0 saturated carbocycles. The zero-order chi connectivity index (χ0) is 16.9. The number of carbonyl (C=O) groups excluding carboxylic acids is 2. The van der Waals surface area contributed by atoms with E-state index in [1.807, 2.05) is 0 Å². The van der Waals surface area contributed by atoms with Crippen molar-refractivity contribution in [2.24, 2.45) is 17.3 Å². The van der Waals surface area contributed by atoms with Gasteiger partial charge in [-0.15, -0.1) is 0 Å². The molecule has 1 saturated heterocycles. The van der Waals surface area contributed by atoms with Gasteiger partial charge in [-0.05, 0) is 18.5 Å². The Morgan fingerprint density at radius 3 is 2.70 bits per heavy atom. The van der Waals surface area contributed by atoms with Gasteiger partial charge in [0.05, 0.1) is 10.8 Å². The Balaban J connectivity index is 1.82. The Morgan fingerprint density at radius 1 is 1.39 bits per heavy atom. The number of ether oxygens (including phenoxy) is 1. The molecule has 3 aliphatic heterocycles. The molecule has 1 fully saturated rings. The molecule has 3 heterocycles. The van der Waals surface area contributed by atoms with Crippen molar-refractivity contribution in [1.29, 1.82) is 0 Å². The Bertz CT molecular complexity index is 572. The lowest BCUT2D eigenvalue weighted by molar-refractivity contribution is -0.158. The molecule has 8 heteroatoms. The highest BCUT2D eigenvalue weighted by atomic mass is 33.1. The topological polar surface area (TPSA) is 55.8 Å². The summed E-state index contributed by atoms with van der Waals surface area (Å²) < 4.78 is 11.1. The summed E-state index contributed by atoms with van der Waals surface area (Å²) in [4.78, 5) is 27.3. The standard InChI is InChI=1S/C15H23NO4S2Si/c1-15(2,3)8(6-20-23(4)5)10-12(17)16-11-9(7-19-14(11)18)21-22-13(10)16/h8,10,13,23H,6-7H2,1-5H3/t8-,10+,13-/m1/s1. The van der Waals surface area contributed by atoms with Crippen molar-refractivity contribution in [3.8, 4) is 0 Å². The first-order chi connectivity index (χ1) is 10.7. The SMILES string of the molecule is C[SiH](C)OC[C@H]([C@H]1C(=O)N2C3=C(COC3=O)SS[C@H]12)C(C)(C)C. The van der Waals surface area contributed by atoms with Crippen LogP contribution in [-0.4, -0.2) is 44.4 Å². The maximum absolute atomic E-state index is 12.8. The van der Waals surface area contributed by atoms with Crippen LogP contribution < -0.4 is 0 Å². The van der Waals surface area contributed by atoms with Crippen LogP contribution in [0.1, 0.15) is 20.8 Å². The molecule has 3 atom stereocenters. The van der Waals surface area contributed by atoms with Gasteiger partial charge in [-0.25, -0.2) is 4.79 Å². The maximum atomic E-state index is 12.8. The smallest absolute Gasteiger partial charge is 0.356 e. The third kappa shape index (κ3) is 2.98. The van der Waals surface area contributed by atoms with Gasteiger partial charge < -0.3 is 9.16 Å².